The van der Waals surface area contributed by atoms with Gasteiger partial charge in [0, 0.05) is 16.8 Å². The molecule has 0 aliphatic heterocycles. The number of amides is 2. The maximum Gasteiger partial charge on any atom is 0.319 e. The maximum atomic E-state index is 11.7. The topological polar surface area (TPSA) is 91.3 Å². The minimum Gasteiger partial charge on any atom is -0.481 e. The van der Waals surface area contributed by atoms with Gasteiger partial charge in [-0.2, -0.15) is 0 Å². The molecular weight excluding hydrogens is 278 g/mol. The molecule has 6 nitrogen and oxygen atoms in total. The zero-order valence-corrected chi connectivity index (χ0v) is 11.3. The first-order valence-electron chi connectivity index (χ1n) is 5.86. The first-order chi connectivity index (χ1) is 9.63. The van der Waals surface area contributed by atoms with Gasteiger partial charge in [0.05, 0.1) is 18.5 Å². The van der Waals surface area contributed by atoms with Crippen molar-refractivity contribution in [2.45, 2.75) is 13.0 Å². The molecule has 0 unspecified atom stereocenters. The van der Waals surface area contributed by atoms with Crippen molar-refractivity contribution in [3.05, 3.63) is 46.4 Å². The largest absolute Gasteiger partial charge is 0.481 e. The molecule has 0 saturated carbocycles. The standard InChI is InChI=1S/C13H13N3O3S/c17-12(18)5-9-2-1-3-10(4-9)16-13(19)15-7-11-6-14-8-20-11/h1-4,6,8H,5,7H2,(H,17,18)(H2,15,16,19). The van der Waals surface area contributed by atoms with Crippen molar-refractivity contribution < 1.29 is 14.7 Å². The van der Waals surface area contributed by atoms with Gasteiger partial charge in [0.25, 0.3) is 0 Å². The van der Waals surface area contributed by atoms with Crippen molar-refractivity contribution in [2.24, 2.45) is 0 Å². The van der Waals surface area contributed by atoms with E-state index >= 15 is 0 Å². The molecular formula is C13H13N3O3S. The van der Waals surface area contributed by atoms with Crippen molar-refractivity contribution in [3.8, 4) is 0 Å². The second kappa shape index (κ2) is 6.67. The Morgan fingerprint density at radius 1 is 1.35 bits per heavy atom. The van der Waals surface area contributed by atoms with Gasteiger partial charge in [-0.3, -0.25) is 9.78 Å². The van der Waals surface area contributed by atoms with Crippen molar-refractivity contribution >= 4 is 29.0 Å². The fraction of sp³-hybridized carbons (Fsp3) is 0.154. The predicted molar refractivity (Wildman–Crippen MR) is 75.8 cm³/mol. The van der Waals surface area contributed by atoms with E-state index in [1.54, 1.807) is 36.0 Å². The number of nitrogens with zero attached hydrogens (tertiary/aromatic N) is 1. The van der Waals surface area contributed by atoms with Crippen molar-refractivity contribution in [2.75, 3.05) is 5.32 Å². The lowest BCUT2D eigenvalue weighted by atomic mass is 10.1. The van der Waals surface area contributed by atoms with Gasteiger partial charge < -0.3 is 15.7 Å². The average molecular weight is 291 g/mol. The number of carboxylic acids is 1. The number of benzene rings is 1. The first kappa shape index (κ1) is 14.0. The molecule has 7 heteroatoms. The first-order valence-corrected chi connectivity index (χ1v) is 6.74. The molecule has 0 spiro atoms. The van der Waals surface area contributed by atoms with Crippen LogP contribution in [0.3, 0.4) is 0 Å². The Hall–Kier alpha value is -2.41. The Bertz CT molecular complexity index is 599. The fourth-order valence-electron chi connectivity index (χ4n) is 1.61. The molecule has 0 aliphatic carbocycles. The van der Waals surface area contributed by atoms with Gasteiger partial charge in [-0.1, -0.05) is 12.1 Å². The molecule has 2 amide bonds. The van der Waals surface area contributed by atoms with Gasteiger partial charge >= 0.3 is 12.0 Å². The highest BCUT2D eigenvalue weighted by Gasteiger charge is 2.05. The van der Waals surface area contributed by atoms with E-state index in [1.807, 2.05) is 0 Å². The Labute approximate surface area is 119 Å². The summed E-state index contributed by atoms with van der Waals surface area (Å²) in [6.45, 7) is 0.408. The number of carbonyl (C=O) groups is 2. The molecule has 1 aromatic carbocycles. The number of rotatable bonds is 5. The molecule has 0 saturated heterocycles. The van der Waals surface area contributed by atoms with E-state index < -0.39 is 5.97 Å². The van der Waals surface area contributed by atoms with Crippen LogP contribution in [0.4, 0.5) is 10.5 Å². The summed E-state index contributed by atoms with van der Waals surface area (Å²) in [6, 6.07) is 6.41. The molecule has 1 heterocycles. The summed E-state index contributed by atoms with van der Waals surface area (Å²) in [7, 11) is 0. The second-order valence-corrected chi connectivity index (χ2v) is 5.02. The Morgan fingerprint density at radius 3 is 2.90 bits per heavy atom. The van der Waals surface area contributed by atoms with Crippen molar-refractivity contribution in [1.82, 2.24) is 10.3 Å². The molecule has 2 aromatic rings. The van der Waals surface area contributed by atoms with E-state index in [1.165, 1.54) is 11.3 Å². The van der Waals surface area contributed by atoms with Gasteiger partial charge in [-0.15, -0.1) is 11.3 Å². The molecule has 0 atom stereocenters. The number of hydrogen-bond donors (Lipinski definition) is 3. The summed E-state index contributed by atoms with van der Waals surface area (Å²) in [6.07, 6.45) is 1.62. The monoisotopic (exact) mass is 291 g/mol. The maximum absolute atomic E-state index is 11.7. The lowest BCUT2D eigenvalue weighted by Crippen LogP contribution is -2.27. The van der Waals surface area contributed by atoms with Crippen LogP contribution < -0.4 is 10.6 Å². The molecule has 2 rings (SSSR count). The number of carbonyl (C=O) groups excluding carboxylic acids is 1. The number of aromatic nitrogens is 1. The molecule has 0 fully saturated rings. The lowest BCUT2D eigenvalue weighted by Gasteiger charge is -2.07. The highest BCUT2D eigenvalue weighted by Crippen LogP contribution is 2.11. The third-order valence-electron chi connectivity index (χ3n) is 2.45. The van der Waals surface area contributed by atoms with E-state index in [0.29, 0.717) is 17.8 Å². The summed E-state index contributed by atoms with van der Waals surface area (Å²) < 4.78 is 0. The van der Waals surface area contributed by atoms with Crippen LogP contribution in [-0.2, 0) is 17.8 Å². The van der Waals surface area contributed by atoms with Crippen molar-refractivity contribution in [3.63, 3.8) is 0 Å². The summed E-state index contributed by atoms with van der Waals surface area (Å²) in [4.78, 5) is 27.2. The zero-order chi connectivity index (χ0) is 14.4. The second-order valence-electron chi connectivity index (χ2n) is 4.05. The number of thiazole rings is 1. The quantitative estimate of drug-likeness (QED) is 0.786. The highest BCUT2D eigenvalue weighted by atomic mass is 32.1. The SMILES string of the molecule is O=C(O)Cc1cccc(NC(=O)NCc2cncs2)c1. The smallest absolute Gasteiger partial charge is 0.319 e. The summed E-state index contributed by atoms with van der Waals surface area (Å²) in [5, 5.41) is 14.1. The molecule has 104 valence electrons. The van der Waals surface area contributed by atoms with Gasteiger partial charge in [0.1, 0.15) is 0 Å². The predicted octanol–water partition coefficient (Wildman–Crippen LogP) is 2.09. The molecule has 0 bridgehead atoms. The minimum absolute atomic E-state index is 0.0714. The average Bonchev–Trinajstić information content (AvgIpc) is 2.89. The Morgan fingerprint density at radius 2 is 2.20 bits per heavy atom. The van der Waals surface area contributed by atoms with E-state index in [9.17, 15) is 9.59 Å². The normalized spacial score (nSPS) is 10.0. The van der Waals surface area contributed by atoms with Crippen LogP contribution in [0.15, 0.2) is 36.0 Å². The van der Waals surface area contributed by atoms with E-state index in [-0.39, 0.29) is 12.5 Å². The van der Waals surface area contributed by atoms with Gasteiger partial charge in [-0.05, 0) is 17.7 Å². The number of aliphatic carboxylic acids is 1. The van der Waals surface area contributed by atoms with Crippen LogP contribution in [0.25, 0.3) is 0 Å². The summed E-state index contributed by atoms with van der Waals surface area (Å²) in [5.74, 6) is -0.906. The molecule has 20 heavy (non-hydrogen) atoms. The van der Waals surface area contributed by atoms with Crippen LogP contribution in [0.2, 0.25) is 0 Å². The van der Waals surface area contributed by atoms with Gasteiger partial charge in [-0.25, -0.2) is 4.79 Å². The Kier molecular flexibility index (Phi) is 4.67. The molecule has 3 N–H and O–H groups in total. The number of nitrogens with one attached hydrogen (secondary N) is 2. The van der Waals surface area contributed by atoms with Gasteiger partial charge in [0.15, 0.2) is 0 Å². The van der Waals surface area contributed by atoms with E-state index in [0.717, 1.165) is 4.88 Å². The van der Waals surface area contributed by atoms with Crippen LogP contribution >= 0.6 is 11.3 Å². The number of anilines is 1. The van der Waals surface area contributed by atoms with Crippen LogP contribution in [0.1, 0.15) is 10.4 Å². The lowest BCUT2D eigenvalue weighted by molar-refractivity contribution is -0.136. The molecule has 1 aromatic heterocycles. The molecule has 0 aliphatic rings. The highest BCUT2D eigenvalue weighted by molar-refractivity contribution is 7.09. The van der Waals surface area contributed by atoms with Crippen LogP contribution in [0, 0.1) is 0 Å². The zero-order valence-electron chi connectivity index (χ0n) is 10.5. The summed E-state index contributed by atoms with van der Waals surface area (Å²) in [5.41, 5.74) is 2.90. The minimum atomic E-state index is -0.906. The number of carboxylic acid groups (broad SMARTS) is 1. The third-order valence-corrected chi connectivity index (χ3v) is 3.23. The van der Waals surface area contributed by atoms with E-state index in [2.05, 4.69) is 15.6 Å². The van der Waals surface area contributed by atoms with Crippen LogP contribution in [-0.4, -0.2) is 22.1 Å². The van der Waals surface area contributed by atoms with E-state index in [4.69, 9.17) is 5.11 Å². The van der Waals surface area contributed by atoms with Crippen LogP contribution in [0.5, 0.6) is 0 Å². The molecule has 0 radical (unpaired) electrons. The fourth-order valence-corrected chi connectivity index (χ4v) is 2.14. The van der Waals surface area contributed by atoms with Gasteiger partial charge in [0.2, 0.25) is 0 Å². The number of hydrogen-bond acceptors (Lipinski definition) is 4. The summed E-state index contributed by atoms with van der Waals surface area (Å²) >= 11 is 1.46. The Balaban J connectivity index is 1.88. The number of urea groups is 1. The third kappa shape index (κ3) is 4.36. The van der Waals surface area contributed by atoms with Crippen molar-refractivity contribution in [1.29, 1.82) is 0 Å².